The number of hydrogen-bond acceptors (Lipinski definition) is 5. The van der Waals surface area contributed by atoms with Crippen LogP contribution in [0.2, 0.25) is 0 Å². The van der Waals surface area contributed by atoms with Crippen molar-refractivity contribution < 1.29 is 9.53 Å². The van der Waals surface area contributed by atoms with Gasteiger partial charge in [-0.15, -0.1) is 0 Å². The predicted molar refractivity (Wildman–Crippen MR) is 129 cm³/mol. The fourth-order valence-electron chi connectivity index (χ4n) is 3.45. The molecule has 0 aliphatic carbocycles. The van der Waals surface area contributed by atoms with Crippen molar-refractivity contribution in [3.8, 4) is 17.7 Å². The summed E-state index contributed by atoms with van der Waals surface area (Å²) in [6.45, 7) is 2.19. The number of aryl methyl sites for hydroxylation is 1. The normalized spacial score (nSPS) is 11.1. The summed E-state index contributed by atoms with van der Waals surface area (Å²) in [4.78, 5) is 30.6. The van der Waals surface area contributed by atoms with Crippen LogP contribution in [0.15, 0.2) is 89.4 Å². The first-order chi connectivity index (χ1) is 16.6. The van der Waals surface area contributed by atoms with Crippen LogP contribution in [-0.4, -0.2) is 21.8 Å². The van der Waals surface area contributed by atoms with E-state index >= 15 is 0 Å². The van der Waals surface area contributed by atoms with Gasteiger partial charge in [0, 0.05) is 12.7 Å². The van der Waals surface area contributed by atoms with Crippen molar-refractivity contribution in [2.24, 2.45) is 0 Å². The number of rotatable bonds is 7. The molecule has 4 rings (SSSR count). The zero-order chi connectivity index (χ0) is 23.9. The van der Waals surface area contributed by atoms with Gasteiger partial charge in [-0.25, -0.2) is 0 Å². The highest BCUT2D eigenvalue weighted by atomic mass is 16.5. The molecule has 7 heteroatoms. The molecule has 4 aromatic rings. The highest BCUT2D eigenvalue weighted by Crippen LogP contribution is 2.24. The molecule has 1 N–H and O–H groups in total. The van der Waals surface area contributed by atoms with E-state index in [9.17, 15) is 14.9 Å². The summed E-state index contributed by atoms with van der Waals surface area (Å²) in [5.41, 5.74) is 1.65. The third-order valence-electron chi connectivity index (χ3n) is 5.20. The first-order valence-electron chi connectivity index (χ1n) is 10.8. The van der Waals surface area contributed by atoms with Crippen molar-refractivity contribution in [1.29, 1.82) is 5.26 Å². The van der Waals surface area contributed by atoms with Crippen LogP contribution in [0.5, 0.6) is 11.6 Å². The first-order valence-corrected chi connectivity index (χ1v) is 10.8. The van der Waals surface area contributed by atoms with Gasteiger partial charge in [0.2, 0.25) is 5.88 Å². The van der Waals surface area contributed by atoms with Crippen molar-refractivity contribution in [3.63, 3.8) is 0 Å². The molecule has 0 spiro atoms. The summed E-state index contributed by atoms with van der Waals surface area (Å²) in [7, 11) is 0. The number of amides is 1. The van der Waals surface area contributed by atoms with E-state index in [2.05, 4.69) is 10.3 Å². The van der Waals surface area contributed by atoms with Crippen molar-refractivity contribution in [3.05, 3.63) is 112 Å². The molecule has 0 radical (unpaired) electrons. The van der Waals surface area contributed by atoms with Gasteiger partial charge in [-0.1, -0.05) is 54.6 Å². The number of pyridine rings is 1. The molecule has 168 valence electrons. The number of nitrogens with zero attached hydrogens (tertiary/aromatic N) is 3. The molecule has 0 atom stereocenters. The molecule has 0 aliphatic rings. The van der Waals surface area contributed by atoms with Gasteiger partial charge in [0.1, 0.15) is 28.6 Å². The van der Waals surface area contributed by atoms with Crippen LogP contribution in [0.25, 0.3) is 11.7 Å². The molecular formula is C27H22N4O3. The van der Waals surface area contributed by atoms with E-state index in [0.717, 1.165) is 11.1 Å². The lowest BCUT2D eigenvalue weighted by Crippen LogP contribution is -2.27. The SMILES string of the molecule is Cc1cccn2c(=O)c(C=C(C#N)C(=O)NCCc3ccccc3)c(Oc3ccccc3)nc12. The Morgan fingerprint density at radius 3 is 2.50 bits per heavy atom. The third-order valence-corrected chi connectivity index (χ3v) is 5.20. The second-order valence-electron chi connectivity index (χ2n) is 7.60. The Bertz CT molecular complexity index is 1450. The molecular weight excluding hydrogens is 428 g/mol. The topological polar surface area (TPSA) is 96.5 Å². The maximum Gasteiger partial charge on any atom is 0.269 e. The highest BCUT2D eigenvalue weighted by Gasteiger charge is 2.18. The van der Waals surface area contributed by atoms with E-state index in [-0.39, 0.29) is 17.0 Å². The zero-order valence-electron chi connectivity index (χ0n) is 18.6. The second-order valence-corrected chi connectivity index (χ2v) is 7.60. The lowest BCUT2D eigenvalue weighted by Gasteiger charge is -2.11. The lowest BCUT2D eigenvalue weighted by molar-refractivity contribution is -0.117. The van der Waals surface area contributed by atoms with Gasteiger partial charge in [-0.3, -0.25) is 14.0 Å². The standard InChI is InChI=1S/C27H22N4O3/c1-19-9-8-16-31-24(19)30-26(34-22-12-6-3-7-13-22)23(27(31)33)17-21(18-28)25(32)29-15-14-20-10-4-2-5-11-20/h2-13,16-17H,14-15H2,1H3,(H,29,32). The largest absolute Gasteiger partial charge is 0.438 e. The summed E-state index contributed by atoms with van der Waals surface area (Å²) < 4.78 is 7.28. The molecule has 0 unspecified atom stereocenters. The molecule has 0 saturated carbocycles. The molecule has 0 saturated heterocycles. The van der Waals surface area contributed by atoms with Gasteiger partial charge in [0.25, 0.3) is 11.5 Å². The fourth-order valence-corrected chi connectivity index (χ4v) is 3.45. The van der Waals surface area contributed by atoms with Gasteiger partial charge >= 0.3 is 0 Å². The monoisotopic (exact) mass is 450 g/mol. The van der Waals surface area contributed by atoms with Crippen LogP contribution < -0.4 is 15.6 Å². The number of nitrogens with one attached hydrogen (secondary N) is 1. The van der Waals surface area contributed by atoms with E-state index < -0.39 is 11.5 Å². The van der Waals surface area contributed by atoms with E-state index in [4.69, 9.17) is 4.74 Å². The number of carbonyl (C=O) groups excluding carboxylic acids is 1. The maximum atomic E-state index is 13.3. The highest BCUT2D eigenvalue weighted by molar-refractivity contribution is 6.01. The molecule has 7 nitrogen and oxygen atoms in total. The maximum absolute atomic E-state index is 13.3. The van der Waals surface area contributed by atoms with Crippen LogP contribution >= 0.6 is 0 Å². The van der Waals surface area contributed by atoms with Gasteiger partial charge in [-0.05, 0) is 48.7 Å². The molecule has 0 bridgehead atoms. The Kier molecular flexibility index (Phi) is 6.80. The van der Waals surface area contributed by atoms with E-state index in [1.807, 2.05) is 55.5 Å². The second kappa shape index (κ2) is 10.3. The number of hydrogen-bond donors (Lipinski definition) is 1. The number of benzene rings is 2. The summed E-state index contributed by atoms with van der Waals surface area (Å²) in [6, 6.07) is 24.1. The Labute approximate surface area is 196 Å². The quantitative estimate of drug-likeness (QED) is 0.338. The molecule has 0 fully saturated rings. The van der Waals surface area contributed by atoms with Crippen molar-refractivity contribution in [2.45, 2.75) is 13.3 Å². The van der Waals surface area contributed by atoms with Gasteiger partial charge in [-0.2, -0.15) is 10.2 Å². The molecule has 2 heterocycles. The number of nitriles is 1. The summed E-state index contributed by atoms with van der Waals surface area (Å²) >= 11 is 0. The van der Waals surface area contributed by atoms with Crippen molar-refractivity contribution in [2.75, 3.05) is 6.54 Å². The smallest absolute Gasteiger partial charge is 0.269 e. The third kappa shape index (κ3) is 5.03. The Morgan fingerprint density at radius 2 is 1.79 bits per heavy atom. The molecule has 34 heavy (non-hydrogen) atoms. The van der Waals surface area contributed by atoms with Crippen molar-refractivity contribution in [1.82, 2.24) is 14.7 Å². The van der Waals surface area contributed by atoms with E-state index in [0.29, 0.717) is 24.4 Å². The molecule has 0 aliphatic heterocycles. The number of aromatic nitrogens is 2. The van der Waals surface area contributed by atoms with E-state index in [1.165, 1.54) is 10.5 Å². The molecule has 2 aromatic carbocycles. The average Bonchev–Trinajstić information content (AvgIpc) is 2.86. The number of carbonyl (C=O) groups is 1. The zero-order valence-corrected chi connectivity index (χ0v) is 18.6. The first kappa shape index (κ1) is 22.5. The Hall–Kier alpha value is -4.70. The van der Waals surface area contributed by atoms with Crippen LogP contribution in [-0.2, 0) is 11.2 Å². The molecule has 2 aromatic heterocycles. The molecule has 1 amide bonds. The van der Waals surface area contributed by atoms with Gasteiger partial charge in [0.05, 0.1) is 0 Å². The summed E-state index contributed by atoms with van der Waals surface area (Å²) in [5.74, 6) is -0.0685. The van der Waals surface area contributed by atoms with Gasteiger partial charge in [0.15, 0.2) is 0 Å². The number of para-hydroxylation sites is 1. The lowest BCUT2D eigenvalue weighted by atomic mass is 10.1. The number of fused-ring (bicyclic) bond motifs is 1. The average molecular weight is 450 g/mol. The Morgan fingerprint density at radius 1 is 1.09 bits per heavy atom. The Balaban J connectivity index is 1.69. The number of ether oxygens (including phenoxy) is 1. The summed E-state index contributed by atoms with van der Waals surface area (Å²) in [5, 5.41) is 12.4. The minimum absolute atomic E-state index is 0.0155. The summed E-state index contributed by atoms with van der Waals surface area (Å²) in [6.07, 6.45) is 3.45. The van der Waals surface area contributed by atoms with Gasteiger partial charge < -0.3 is 10.1 Å². The minimum Gasteiger partial charge on any atom is -0.438 e. The van der Waals surface area contributed by atoms with Crippen LogP contribution in [0.4, 0.5) is 0 Å². The van der Waals surface area contributed by atoms with Crippen LogP contribution in [0.1, 0.15) is 16.7 Å². The minimum atomic E-state index is -0.571. The van der Waals surface area contributed by atoms with E-state index in [1.54, 1.807) is 36.5 Å². The predicted octanol–water partition coefficient (Wildman–Crippen LogP) is 4.06. The van der Waals surface area contributed by atoms with Crippen LogP contribution in [0.3, 0.4) is 0 Å². The fraction of sp³-hybridized carbons (Fsp3) is 0.111. The van der Waals surface area contributed by atoms with Crippen LogP contribution in [0, 0.1) is 18.3 Å². The van der Waals surface area contributed by atoms with Crippen molar-refractivity contribution >= 4 is 17.6 Å².